The van der Waals surface area contributed by atoms with Crippen LogP contribution in [0, 0.1) is 0 Å². The van der Waals surface area contributed by atoms with Gasteiger partial charge in [-0.15, -0.1) is 11.3 Å². The fraction of sp³-hybridized carbons (Fsp3) is 0.500. The van der Waals surface area contributed by atoms with Gasteiger partial charge >= 0.3 is 0 Å². The van der Waals surface area contributed by atoms with E-state index in [0.717, 1.165) is 12.8 Å². The molecular weight excluding hydrogens is 158 g/mol. The van der Waals surface area contributed by atoms with E-state index in [0.29, 0.717) is 6.54 Å². The molecular formula is C8H13NOS. The maximum Gasteiger partial charge on any atom is 0.0665 e. The minimum absolute atomic E-state index is 0.336. The lowest BCUT2D eigenvalue weighted by Crippen LogP contribution is -2.19. The Morgan fingerprint density at radius 2 is 2.45 bits per heavy atom. The summed E-state index contributed by atoms with van der Waals surface area (Å²) >= 11 is 1.72. The first-order valence-corrected chi connectivity index (χ1v) is 4.61. The van der Waals surface area contributed by atoms with E-state index in [1.807, 2.05) is 11.4 Å². The van der Waals surface area contributed by atoms with Crippen LogP contribution in [-0.2, 0) is 6.42 Å². The van der Waals surface area contributed by atoms with Gasteiger partial charge in [0.1, 0.15) is 0 Å². The van der Waals surface area contributed by atoms with E-state index in [2.05, 4.69) is 6.07 Å². The summed E-state index contributed by atoms with van der Waals surface area (Å²) in [6.07, 6.45) is 1.38. The molecule has 1 aromatic heterocycles. The van der Waals surface area contributed by atoms with Gasteiger partial charge in [0.2, 0.25) is 0 Å². The Kier molecular flexibility index (Phi) is 3.56. The second-order valence-corrected chi connectivity index (χ2v) is 3.54. The highest BCUT2D eigenvalue weighted by Gasteiger charge is 2.01. The van der Waals surface area contributed by atoms with Crippen molar-refractivity contribution >= 4 is 11.3 Å². The number of thiophene rings is 1. The highest BCUT2D eigenvalue weighted by molar-refractivity contribution is 7.09. The van der Waals surface area contributed by atoms with Crippen LogP contribution >= 0.6 is 11.3 Å². The summed E-state index contributed by atoms with van der Waals surface area (Å²) < 4.78 is 0. The van der Waals surface area contributed by atoms with Crippen LogP contribution in [0.25, 0.3) is 0 Å². The van der Waals surface area contributed by atoms with E-state index >= 15 is 0 Å². The largest absolute Gasteiger partial charge is 0.392 e. The van der Waals surface area contributed by atoms with Gasteiger partial charge in [0.15, 0.2) is 0 Å². The molecule has 0 saturated heterocycles. The molecule has 3 heteroatoms. The molecule has 0 radical (unpaired) electrons. The molecule has 0 aliphatic rings. The van der Waals surface area contributed by atoms with Crippen LogP contribution in [0.15, 0.2) is 17.5 Å². The smallest absolute Gasteiger partial charge is 0.0665 e. The number of hydrogen-bond donors (Lipinski definition) is 2. The molecule has 1 unspecified atom stereocenters. The van der Waals surface area contributed by atoms with E-state index in [4.69, 9.17) is 10.8 Å². The number of nitrogens with two attached hydrogens (primary N) is 1. The molecule has 0 aliphatic heterocycles. The van der Waals surface area contributed by atoms with Crippen molar-refractivity contribution in [3.63, 3.8) is 0 Å². The minimum Gasteiger partial charge on any atom is -0.392 e. The summed E-state index contributed by atoms with van der Waals surface area (Å²) in [6, 6.07) is 4.10. The third-order valence-electron chi connectivity index (χ3n) is 1.58. The molecule has 0 aliphatic carbocycles. The fourth-order valence-corrected chi connectivity index (χ4v) is 1.61. The van der Waals surface area contributed by atoms with Crippen molar-refractivity contribution in [3.05, 3.63) is 22.4 Å². The Bertz CT molecular complexity index is 186. The molecule has 1 atom stereocenters. The molecule has 0 fully saturated rings. The van der Waals surface area contributed by atoms with Gasteiger partial charge in [-0.05, 0) is 24.3 Å². The summed E-state index contributed by atoms with van der Waals surface area (Å²) in [5.41, 5.74) is 5.26. The molecule has 2 nitrogen and oxygen atoms in total. The van der Waals surface area contributed by atoms with E-state index < -0.39 is 0 Å². The van der Waals surface area contributed by atoms with E-state index in [9.17, 15) is 0 Å². The van der Waals surface area contributed by atoms with Crippen molar-refractivity contribution in [2.24, 2.45) is 5.73 Å². The van der Waals surface area contributed by atoms with Crippen LogP contribution < -0.4 is 5.73 Å². The predicted molar refractivity (Wildman–Crippen MR) is 47.7 cm³/mol. The first-order chi connectivity index (χ1) is 5.33. The Balaban J connectivity index is 2.23. The van der Waals surface area contributed by atoms with Gasteiger partial charge in [0.05, 0.1) is 6.10 Å². The van der Waals surface area contributed by atoms with Crippen molar-refractivity contribution in [2.45, 2.75) is 18.9 Å². The maximum atomic E-state index is 9.14. The van der Waals surface area contributed by atoms with Crippen LogP contribution in [0.5, 0.6) is 0 Å². The molecule has 1 aromatic rings. The van der Waals surface area contributed by atoms with Gasteiger partial charge < -0.3 is 10.8 Å². The molecule has 1 rings (SSSR count). The zero-order valence-corrected chi connectivity index (χ0v) is 7.18. The van der Waals surface area contributed by atoms with Gasteiger partial charge in [-0.1, -0.05) is 6.07 Å². The second kappa shape index (κ2) is 4.49. The zero-order chi connectivity index (χ0) is 8.10. The normalized spacial score (nSPS) is 13.3. The molecule has 3 N–H and O–H groups in total. The molecule has 0 spiro atoms. The van der Waals surface area contributed by atoms with Crippen LogP contribution in [-0.4, -0.2) is 17.8 Å². The Morgan fingerprint density at radius 3 is 3.00 bits per heavy atom. The van der Waals surface area contributed by atoms with Crippen molar-refractivity contribution < 1.29 is 5.11 Å². The standard InChI is InChI=1S/C8H13NOS/c9-6-7(10)3-4-8-2-1-5-11-8/h1-2,5,7,10H,3-4,6,9H2. The van der Waals surface area contributed by atoms with Gasteiger partial charge in [-0.3, -0.25) is 0 Å². The van der Waals surface area contributed by atoms with Gasteiger partial charge in [-0.2, -0.15) is 0 Å². The van der Waals surface area contributed by atoms with Gasteiger partial charge in [-0.25, -0.2) is 0 Å². The lowest BCUT2D eigenvalue weighted by Gasteiger charge is -2.04. The zero-order valence-electron chi connectivity index (χ0n) is 6.36. The van der Waals surface area contributed by atoms with Crippen LogP contribution in [0.4, 0.5) is 0 Å². The Hall–Kier alpha value is -0.380. The van der Waals surface area contributed by atoms with Gasteiger partial charge in [0.25, 0.3) is 0 Å². The summed E-state index contributed by atoms with van der Waals surface area (Å²) in [4.78, 5) is 1.32. The van der Waals surface area contributed by atoms with Crippen molar-refractivity contribution in [1.29, 1.82) is 0 Å². The van der Waals surface area contributed by atoms with Crippen molar-refractivity contribution in [3.8, 4) is 0 Å². The number of hydrogen-bond acceptors (Lipinski definition) is 3. The van der Waals surface area contributed by atoms with Crippen LogP contribution in [0.1, 0.15) is 11.3 Å². The molecule has 0 amide bonds. The van der Waals surface area contributed by atoms with Gasteiger partial charge in [0, 0.05) is 11.4 Å². The van der Waals surface area contributed by atoms with Crippen LogP contribution in [0.2, 0.25) is 0 Å². The average molecular weight is 171 g/mol. The third kappa shape index (κ3) is 3.01. The second-order valence-electron chi connectivity index (χ2n) is 2.51. The summed E-state index contributed by atoms with van der Waals surface area (Å²) in [6.45, 7) is 0.366. The SMILES string of the molecule is NCC(O)CCc1cccs1. The lowest BCUT2D eigenvalue weighted by atomic mass is 10.2. The van der Waals surface area contributed by atoms with Crippen LogP contribution in [0.3, 0.4) is 0 Å². The Labute approximate surface area is 70.7 Å². The highest BCUT2D eigenvalue weighted by Crippen LogP contribution is 2.11. The topological polar surface area (TPSA) is 46.2 Å². The number of aliphatic hydroxyl groups is 1. The average Bonchev–Trinajstić information content (AvgIpc) is 2.52. The Morgan fingerprint density at radius 1 is 1.64 bits per heavy atom. The summed E-state index contributed by atoms with van der Waals surface area (Å²) in [5.74, 6) is 0. The fourth-order valence-electron chi connectivity index (χ4n) is 0.882. The van der Waals surface area contributed by atoms with Crippen molar-refractivity contribution in [2.75, 3.05) is 6.54 Å². The minimum atomic E-state index is -0.336. The molecule has 11 heavy (non-hydrogen) atoms. The monoisotopic (exact) mass is 171 g/mol. The first-order valence-electron chi connectivity index (χ1n) is 3.73. The number of rotatable bonds is 4. The summed E-state index contributed by atoms with van der Waals surface area (Å²) in [7, 11) is 0. The molecule has 1 heterocycles. The van der Waals surface area contributed by atoms with Crippen molar-refractivity contribution in [1.82, 2.24) is 0 Å². The molecule has 0 aromatic carbocycles. The van der Waals surface area contributed by atoms with E-state index in [1.54, 1.807) is 11.3 Å². The van der Waals surface area contributed by atoms with E-state index in [-0.39, 0.29) is 6.10 Å². The number of aliphatic hydroxyl groups excluding tert-OH is 1. The van der Waals surface area contributed by atoms with E-state index in [1.165, 1.54) is 4.88 Å². The first kappa shape index (κ1) is 8.71. The predicted octanol–water partition coefficient (Wildman–Crippen LogP) is 1.00. The maximum absolute atomic E-state index is 9.14. The number of aryl methyl sites for hydroxylation is 1. The highest BCUT2D eigenvalue weighted by atomic mass is 32.1. The molecule has 0 saturated carbocycles. The molecule has 0 bridgehead atoms. The lowest BCUT2D eigenvalue weighted by molar-refractivity contribution is 0.173. The summed E-state index contributed by atoms with van der Waals surface area (Å²) in [5, 5.41) is 11.2. The molecule has 62 valence electrons. The third-order valence-corrected chi connectivity index (χ3v) is 2.51. The quantitative estimate of drug-likeness (QED) is 0.710.